The van der Waals surface area contributed by atoms with E-state index < -0.39 is 0 Å². The van der Waals surface area contributed by atoms with Crippen molar-refractivity contribution in [3.8, 4) is 11.5 Å². The lowest BCUT2D eigenvalue weighted by Gasteiger charge is -2.23. The molecule has 1 heterocycles. The summed E-state index contributed by atoms with van der Waals surface area (Å²) in [5, 5.41) is 5.76. The first-order valence-electron chi connectivity index (χ1n) is 9.86. The van der Waals surface area contributed by atoms with Gasteiger partial charge in [0.05, 0.1) is 38.7 Å². The van der Waals surface area contributed by atoms with Gasteiger partial charge in [-0.15, -0.1) is 0 Å². The van der Waals surface area contributed by atoms with Crippen LogP contribution in [0.3, 0.4) is 0 Å². The molecule has 0 unspecified atom stereocenters. The Morgan fingerprint density at radius 3 is 2.07 bits per heavy atom. The summed E-state index contributed by atoms with van der Waals surface area (Å²) < 4.78 is 10.9. The van der Waals surface area contributed by atoms with E-state index in [-0.39, 0.29) is 11.8 Å². The Hall–Kier alpha value is -3.06. The molecule has 0 aliphatic carbocycles. The van der Waals surface area contributed by atoms with Crippen molar-refractivity contribution in [1.29, 1.82) is 0 Å². The first-order chi connectivity index (χ1) is 14.1. The molecule has 2 amide bonds. The molecular weight excluding hydrogens is 370 g/mol. The fourth-order valence-electron chi connectivity index (χ4n) is 3.53. The molecule has 0 saturated carbocycles. The van der Waals surface area contributed by atoms with E-state index in [0.29, 0.717) is 35.0 Å². The molecule has 1 aliphatic heterocycles. The number of quaternary nitrogens is 1. The van der Waals surface area contributed by atoms with Crippen molar-refractivity contribution in [1.82, 2.24) is 0 Å². The minimum absolute atomic E-state index is 0.0664. The van der Waals surface area contributed by atoms with Crippen molar-refractivity contribution >= 4 is 23.2 Å². The van der Waals surface area contributed by atoms with Crippen LogP contribution in [0.2, 0.25) is 0 Å². The fourth-order valence-corrected chi connectivity index (χ4v) is 3.53. The molecule has 7 heteroatoms. The maximum atomic E-state index is 12.5. The molecule has 2 aromatic rings. The van der Waals surface area contributed by atoms with Gasteiger partial charge in [-0.25, -0.2) is 0 Å². The molecule has 154 valence electrons. The van der Waals surface area contributed by atoms with E-state index in [4.69, 9.17) is 9.47 Å². The van der Waals surface area contributed by atoms with Crippen molar-refractivity contribution in [2.45, 2.75) is 19.3 Å². The lowest BCUT2D eigenvalue weighted by atomic mass is 10.1. The molecule has 3 N–H and O–H groups in total. The highest BCUT2D eigenvalue weighted by molar-refractivity contribution is 6.05. The van der Waals surface area contributed by atoms with E-state index in [1.165, 1.54) is 25.5 Å². The SMILES string of the molecule is COc1cc(NC(=O)c2ccccc2)c(OC)cc1NC(=O)C[NH+]1CCCCC1. The van der Waals surface area contributed by atoms with Crippen molar-refractivity contribution in [3.63, 3.8) is 0 Å². The number of amides is 2. The zero-order valence-electron chi connectivity index (χ0n) is 16.9. The minimum atomic E-state index is -0.253. The maximum Gasteiger partial charge on any atom is 0.279 e. The third-order valence-electron chi connectivity index (χ3n) is 5.05. The molecule has 0 atom stereocenters. The standard InChI is InChI=1S/C22H27N3O4/c1-28-19-14-18(24-22(27)16-9-5-3-6-10-16)20(29-2)13-17(19)23-21(26)15-25-11-7-4-8-12-25/h3,5-6,9-10,13-14H,4,7-8,11-12,15H2,1-2H3,(H,23,26)(H,24,27)/p+1. The van der Waals surface area contributed by atoms with Crippen molar-refractivity contribution in [2.24, 2.45) is 0 Å². The number of likely N-dealkylation sites (tertiary alicyclic amines) is 1. The number of methoxy groups -OCH3 is 2. The fraction of sp³-hybridized carbons (Fsp3) is 0.364. The Balaban J connectivity index is 1.75. The Labute approximate surface area is 171 Å². The first-order valence-corrected chi connectivity index (χ1v) is 9.86. The van der Waals surface area contributed by atoms with Gasteiger partial charge in [-0.2, -0.15) is 0 Å². The molecular formula is C22H28N3O4+. The van der Waals surface area contributed by atoms with Gasteiger partial charge in [0.2, 0.25) is 0 Å². The Morgan fingerprint density at radius 1 is 0.897 bits per heavy atom. The Kier molecular flexibility index (Phi) is 7.08. The topological polar surface area (TPSA) is 81.1 Å². The van der Waals surface area contributed by atoms with Gasteiger partial charge in [-0.3, -0.25) is 9.59 Å². The van der Waals surface area contributed by atoms with Crippen LogP contribution in [0, 0.1) is 0 Å². The number of ether oxygens (including phenoxy) is 2. The molecule has 0 radical (unpaired) electrons. The predicted octanol–water partition coefficient (Wildman–Crippen LogP) is 1.96. The van der Waals surface area contributed by atoms with Crippen LogP contribution in [0.4, 0.5) is 11.4 Å². The molecule has 1 aliphatic rings. The summed E-state index contributed by atoms with van der Waals surface area (Å²) in [6.45, 7) is 2.48. The number of nitrogens with one attached hydrogen (secondary N) is 3. The van der Waals surface area contributed by atoms with E-state index in [1.54, 1.807) is 36.4 Å². The highest BCUT2D eigenvalue weighted by Crippen LogP contribution is 2.36. The highest BCUT2D eigenvalue weighted by atomic mass is 16.5. The molecule has 0 aromatic heterocycles. The number of hydrogen-bond donors (Lipinski definition) is 3. The Morgan fingerprint density at radius 2 is 1.48 bits per heavy atom. The van der Waals surface area contributed by atoms with Gasteiger partial charge < -0.3 is 25.0 Å². The third-order valence-corrected chi connectivity index (χ3v) is 5.05. The average Bonchev–Trinajstić information content (AvgIpc) is 2.75. The van der Waals surface area contributed by atoms with Gasteiger partial charge in [0, 0.05) is 17.7 Å². The second kappa shape index (κ2) is 9.93. The van der Waals surface area contributed by atoms with E-state index in [1.807, 2.05) is 6.07 Å². The zero-order chi connectivity index (χ0) is 20.6. The van der Waals surface area contributed by atoms with Crippen LogP contribution >= 0.6 is 0 Å². The lowest BCUT2D eigenvalue weighted by Crippen LogP contribution is -3.13. The summed E-state index contributed by atoms with van der Waals surface area (Å²) in [5.74, 6) is 0.576. The van der Waals surface area contributed by atoms with Gasteiger partial charge in [0.25, 0.3) is 11.8 Å². The quantitative estimate of drug-likeness (QED) is 0.666. The summed E-state index contributed by atoms with van der Waals surface area (Å²) in [6.07, 6.45) is 3.57. The minimum Gasteiger partial charge on any atom is -0.494 e. The van der Waals surface area contributed by atoms with Gasteiger partial charge in [-0.05, 0) is 31.4 Å². The number of hydrogen-bond acceptors (Lipinski definition) is 4. The van der Waals surface area contributed by atoms with Gasteiger partial charge >= 0.3 is 0 Å². The molecule has 29 heavy (non-hydrogen) atoms. The van der Waals surface area contributed by atoms with Crippen molar-refractivity contribution in [3.05, 3.63) is 48.0 Å². The van der Waals surface area contributed by atoms with Crippen molar-refractivity contribution < 1.29 is 24.0 Å². The van der Waals surface area contributed by atoms with E-state index in [2.05, 4.69) is 10.6 Å². The maximum absolute atomic E-state index is 12.5. The van der Waals surface area contributed by atoms with Crippen LogP contribution in [-0.4, -0.2) is 45.7 Å². The molecule has 1 fully saturated rings. The number of anilines is 2. The lowest BCUT2D eigenvalue weighted by molar-refractivity contribution is -0.896. The van der Waals surface area contributed by atoms with Crippen LogP contribution in [-0.2, 0) is 4.79 Å². The summed E-state index contributed by atoms with van der Waals surface area (Å²) in [7, 11) is 3.04. The number of piperidine rings is 1. The van der Waals surface area contributed by atoms with Crippen LogP contribution in [0.1, 0.15) is 29.6 Å². The molecule has 7 nitrogen and oxygen atoms in total. The second-order valence-electron chi connectivity index (χ2n) is 7.11. The van der Waals surface area contributed by atoms with Gasteiger partial charge in [-0.1, -0.05) is 18.2 Å². The number of carbonyl (C=O) groups is 2. The molecule has 0 spiro atoms. The summed E-state index contributed by atoms with van der Waals surface area (Å²) in [5.41, 5.74) is 1.52. The summed E-state index contributed by atoms with van der Waals surface area (Å²) in [4.78, 5) is 26.3. The normalized spacial score (nSPS) is 14.1. The van der Waals surface area contributed by atoms with Crippen LogP contribution in [0.5, 0.6) is 11.5 Å². The number of carbonyl (C=O) groups excluding carboxylic acids is 2. The summed E-state index contributed by atoms with van der Waals surface area (Å²) >= 11 is 0. The predicted molar refractivity (Wildman–Crippen MR) is 112 cm³/mol. The number of benzene rings is 2. The van der Waals surface area contributed by atoms with Crippen LogP contribution < -0.4 is 25.0 Å². The highest BCUT2D eigenvalue weighted by Gasteiger charge is 2.20. The first kappa shape index (κ1) is 20.7. The monoisotopic (exact) mass is 398 g/mol. The molecule has 2 aromatic carbocycles. The number of rotatable bonds is 7. The smallest absolute Gasteiger partial charge is 0.279 e. The molecule has 0 bridgehead atoms. The second-order valence-corrected chi connectivity index (χ2v) is 7.11. The average molecular weight is 398 g/mol. The summed E-state index contributed by atoms with van der Waals surface area (Å²) in [6, 6.07) is 12.2. The largest absolute Gasteiger partial charge is 0.494 e. The van der Waals surface area contributed by atoms with E-state index in [9.17, 15) is 9.59 Å². The molecule has 3 rings (SSSR count). The molecule has 1 saturated heterocycles. The Bertz CT molecular complexity index is 849. The van der Waals surface area contributed by atoms with Gasteiger partial charge in [0.15, 0.2) is 6.54 Å². The van der Waals surface area contributed by atoms with E-state index in [0.717, 1.165) is 25.9 Å². The van der Waals surface area contributed by atoms with Crippen molar-refractivity contribution in [2.75, 3.05) is 44.5 Å². The van der Waals surface area contributed by atoms with E-state index >= 15 is 0 Å². The zero-order valence-corrected chi connectivity index (χ0v) is 16.9. The van der Waals surface area contributed by atoms with Crippen LogP contribution in [0.25, 0.3) is 0 Å². The van der Waals surface area contributed by atoms with Crippen LogP contribution in [0.15, 0.2) is 42.5 Å². The van der Waals surface area contributed by atoms with Gasteiger partial charge in [0.1, 0.15) is 11.5 Å². The third kappa shape index (κ3) is 5.48.